The fraction of sp³-hybridized carbons (Fsp3) is 0.350. The summed E-state index contributed by atoms with van der Waals surface area (Å²) in [5, 5.41) is 9.33. The van der Waals surface area contributed by atoms with Crippen molar-refractivity contribution >= 4 is 5.91 Å². The SMILES string of the molecule is CC(C)(Cc1ccccc1)C(=O)N(CCO)Cc1ccccc1. The predicted octanol–water partition coefficient (Wildman–Crippen LogP) is 3.28. The summed E-state index contributed by atoms with van der Waals surface area (Å²) < 4.78 is 0. The summed E-state index contributed by atoms with van der Waals surface area (Å²) in [6.07, 6.45) is 0.684. The van der Waals surface area contributed by atoms with Crippen LogP contribution in [-0.4, -0.2) is 29.1 Å². The van der Waals surface area contributed by atoms with Crippen molar-refractivity contribution in [1.82, 2.24) is 4.90 Å². The summed E-state index contributed by atoms with van der Waals surface area (Å²) in [5.74, 6) is 0.0688. The highest BCUT2D eigenvalue weighted by Gasteiger charge is 2.32. The van der Waals surface area contributed by atoms with E-state index in [-0.39, 0.29) is 12.5 Å². The fourth-order valence-corrected chi connectivity index (χ4v) is 2.79. The normalized spacial score (nSPS) is 11.3. The predicted molar refractivity (Wildman–Crippen MR) is 92.9 cm³/mol. The van der Waals surface area contributed by atoms with Crippen LogP contribution < -0.4 is 0 Å². The van der Waals surface area contributed by atoms with E-state index in [0.717, 1.165) is 11.1 Å². The number of hydrogen-bond donors (Lipinski definition) is 1. The third-order valence-corrected chi connectivity index (χ3v) is 3.94. The van der Waals surface area contributed by atoms with E-state index < -0.39 is 5.41 Å². The van der Waals surface area contributed by atoms with Gasteiger partial charge in [-0.15, -0.1) is 0 Å². The first kappa shape index (κ1) is 17.2. The minimum absolute atomic E-state index is 0.0278. The van der Waals surface area contributed by atoms with Gasteiger partial charge in [0.05, 0.1) is 6.61 Å². The molecule has 0 aromatic heterocycles. The maximum atomic E-state index is 13.0. The van der Waals surface area contributed by atoms with Gasteiger partial charge in [0, 0.05) is 18.5 Å². The molecule has 2 aromatic carbocycles. The van der Waals surface area contributed by atoms with Gasteiger partial charge in [-0.05, 0) is 17.5 Å². The van der Waals surface area contributed by atoms with Crippen molar-refractivity contribution in [1.29, 1.82) is 0 Å². The fourth-order valence-electron chi connectivity index (χ4n) is 2.79. The highest BCUT2D eigenvalue weighted by Crippen LogP contribution is 2.25. The lowest BCUT2D eigenvalue weighted by atomic mass is 9.84. The number of hydrogen-bond acceptors (Lipinski definition) is 2. The molecule has 0 saturated heterocycles. The van der Waals surface area contributed by atoms with E-state index in [1.807, 2.05) is 74.5 Å². The number of aliphatic hydroxyl groups excluding tert-OH is 1. The second-order valence-corrected chi connectivity index (χ2v) is 6.48. The Labute approximate surface area is 138 Å². The number of carbonyl (C=O) groups is 1. The van der Waals surface area contributed by atoms with Crippen molar-refractivity contribution in [3.63, 3.8) is 0 Å². The Bertz CT molecular complexity index is 608. The van der Waals surface area contributed by atoms with Crippen LogP contribution in [0.4, 0.5) is 0 Å². The van der Waals surface area contributed by atoms with E-state index in [2.05, 4.69) is 0 Å². The molecule has 0 bridgehead atoms. The van der Waals surface area contributed by atoms with Gasteiger partial charge in [-0.25, -0.2) is 0 Å². The minimum atomic E-state index is -0.509. The smallest absolute Gasteiger partial charge is 0.228 e. The monoisotopic (exact) mass is 311 g/mol. The van der Waals surface area contributed by atoms with E-state index in [0.29, 0.717) is 19.5 Å². The molecule has 23 heavy (non-hydrogen) atoms. The summed E-state index contributed by atoms with van der Waals surface area (Å²) in [5.41, 5.74) is 1.71. The molecule has 1 amide bonds. The van der Waals surface area contributed by atoms with Crippen LogP contribution in [-0.2, 0) is 17.8 Å². The molecule has 2 rings (SSSR count). The Morgan fingerprint density at radius 2 is 1.48 bits per heavy atom. The zero-order valence-electron chi connectivity index (χ0n) is 13.9. The number of amides is 1. The van der Waals surface area contributed by atoms with Crippen molar-refractivity contribution in [2.24, 2.45) is 5.41 Å². The molecular weight excluding hydrogens is 286 g/mol. The molecule has 0 radical (unpaired) electrons. The Balaban J connectivity index is 2.12. The highest BCUT2D eigenvalue weighted by molar-refractivity contribution is 5.82. The van der Waals surface area contributed by atoms with Crippen LogP contribution in [0.1, 0.15) is 25.0 Å². The third kappa shape index (κ3) is 4.93. The standard InChI is InChI=1S/C20H25NO2/c1-20(2,15-17-9-5-3-6-10-17)19(23)21(13-14-22)16-18-11-7-4-8-12-18/h3-12,22H,13-16H2,1-2H3. The molecule has 1 N–H and O–H groups in total. The molecule has 0 aliphatic heterocycles. The average Bonchev–Trinajstić information content (AvgIpc) is 2.55. The quantitative estimate of drug-likeness (QED) is 0.852. The second kappa shape index (κ2) is 7.93. The van der Waals surface area contributed by atoms with E-state index >= 15 is 0 Å². The Kier molecular flexibility index (Phi) is 5.94. The minimum Gasteiger partial charge on any atom is -0.395 e. The summed E-state index contributed by atoms with van der Waals surface area (Å²) in [7, 11) is 0. The molecule has 0 heterocycles. The average molecular weight is 311 g/mol. The van der Waals surface area contributed by atoms with Gasteiger partial charge in [-0.2, -0.15) is 0 Å². The van der Waals surface area contributed by atoms with Gasteiger partial charge in [-0.1, -0.05) is 74.5 Å². The van der Waals surface area contributed by atoms with Crippen molar-refractivity contribution in [3.8, 4) is 0 Å². The molecule has 0 unspecified atom stereocenters. The number of rotatable bonds is 7. The van der Waals surface area contributed by atoms with E-state index in [1.165, 1.54) is 0 Å². The molecule has 2 aromatic rings. The van der Waals surface area contributed by atoms with Crippen LogP contribution in [0.15, 0.2) is 60.7 Å². The summed E-state index contributed by atoms with van der Waals surface area (Å²) in [4.78, 5) is 14.7. The Morgan fingerprint density at radius 3 is 2.00 bits per heavy atom. The lowest BCUT2D eigenvalue weighted by Crippen LogP contribution is -2.43. The first-order valence-corrected chi connectivity index (χ1v) is 8.01. The first-order valence-electron chi connectivity index (χ1n) is 8.01. The van der Waals surface area contributed by atoms with E-state index in [4.69, 9.17) is 0 Å². The summed E-state index contributed by atoms with van der Waals surface area (Å²) >= 11 is 0. The zero-order chi connectivity index (χ0) is 16.7. The maximum Gasteiger partial charge on any atom is 0.228 e. The van der Waals surface area contributed by atoms with Gasteiger partial charge in [-0.3, -0.25) is 4.79 Å². The van der Waals surface area contributed by atoms with Gasteiger partial charge < -0.3 is 10.0 Å². The molecule has 3 heteroatoms. The van der Waals surface area contributed by atoms with Gasteiger partial charge in [0.25, 0.3) is 0 Å². The van der Waals surface area contributed by atoms with Crippen LogP contribution in [0.5, 0.6) is 0 Å². The van der Waals surface area contributed by atoms with Crippen LogP contribution in [0.2, 0.25) is 0 Å². The Hall–Kier alpha value is -2.13. The molecule has 122 valence electrons. The largest absolute Gasteiger partial charge is 0.395 e. The maximum absolute atomic E-state index is 13.0. The highest BCUT2D eigenvalue weighted by atomic mass is 16.3. The summed E-state index contributed by atoms with van der Waals surface area (Å²) in [6.45, 7) is 4.79. The lowest BCUT2D eigenvalue weighted by molar-refractivity contribution is -0.141. The lowest BCUT2D eigenvalue weighted by Gasteiger charge is -2.32. The summed E-state index contributed by atoms with van der Waals surface area (Å²) in [6, 6.07) is 19.9. The third-order valence-electron chi connectivity index (χ3n) is 3.94. The molecule has 0 aliphatic carbocycles. The van der Waals surface area contributed by atoms with Crippen LogP contribution in [0, 0.1) is 5.41 Å². The molecule has 0 aliphatic rings. The van der Waals surface area contributed by atoms with Gasteiger partial charge in [0.15, 0.2) is 0 Å². The van der Waals surface area contributed by atoms with Crippen molar-refractivity contribution in [3.05, 3.63) is 71.8 Å². The number of benzene rings is 2. The zero-order valence-corrected chi connectivity index (χ0v) is 13.9. The van der Waals surface area contributed by atoms with Gasteiger partial charge in [0.2, 0.25) is 5.91 Å². The van der Waals surface area contributed by atoms with Gasteiger partial charge in [0.1, 0.15) is 0 Å². The van der Waals surface area contributed by atoms with Crippen molar-refractivity contribution in [2.75, 3.05) is 13.2 Å². The van der Waals surface area contributed by atoms with E-state index in [1.54, 1.807) is 4.90 Å². The second-order valence-electron chi connectivity index (χ2n) is 6.48. The topological polar surface area (TPSA) is 40.5 Å². The Morgan fingerprint density at radius 1 is 0.957 bits per heavy atom. The molecule has 0 fully saturated rings. The first-order chi connectivity index (χ1) is 11.0. The van der Waals surface area contributed by atoms with Crippen molar-refractivity contribution < 1.29 is 9.90 Å². The number of carbonyl (C=O) groups excluding carboxylic acids is 1. The molecule has 0 atom stereocenters. The van der Waals surface area contributed by atoms with Crippen LogP contribution >= 0.6 is 0 Å². The number of nitrogens with zero attached hydrogens (tertiary/aromatic N) is 1. The molecule has 0 spiro atoms. The number of aliphatic hydroxyl groups is 1. The van der Waals surface area contributed by atoms with E-state index in [9.17, 15) is 9.90 Å². The van der Waals surface area contributed by atoms with Crippen LogP contribution in [0.25, 0.3) is 0 Å². The molecular formula is C20H25NO2. The van der Waals surface area contributed by atoms with Gasteiger partial charge >= 0.3 is 0 Å². The van der Waals surface area contributed by atoms with Crippen molar-refractivity contribution in [2.45, 2.75) is 26.8 Å². The van der Waals surface area contributed by atoms with Crippen LogP contribution in [0.3, 0.4) is 0 Å². The molecule has 0 saturated carbocycles. The molecule has 3 nitrogen and oxygen atoms in total.